The first-order chi connectivity index (χ1) is 7.56. The fraction of sp³-hybridized carbons (Fsp3) is 0.571. The van der Waals surface area contributed by atoms with Gasteiger partial charge < -0.3 is 10.0 Å². The summed E-state index contributed by atoms with van der Waals surface area (Å²) >= 11 is 0. The molecule has 0 fully saturated rings. The van der Waals surface area contributed by atoms with Crippen molar-refractivity contribution >= 4 is 5.69 Å². The normalized spacial score (nSPS) is 11.2. The van der Waals surface area contributed by atoms with Crippen LogP contribution in [0.1, 0.15) is 33.3 Å². The van der Waals surface area contributed by atoms with Crippen molar-refractivity contribution in [1.82, 2.24) is 0 Å². The van der Waals surface area contributed by atoms with Gasteiger partial charge in [0, 0.05) is 23.8 Å². The molecule has 2 nitrogen and oxygen atoms in total. The average molecular weight is 221 g/mol. The largest absolute Gasteiger partial charge is 0.392 e. The highest BCUT2D eigenvalue weighted by Gasteiger charge is 2.14. The maximum absolute atomic E-state index is 9.36. The summed E-state index contributed by atoms with van der Waals surface area (Å²) in [5, 5.41) is 9.36. The average Bonchev–Trinajstić information content (AvgIpc) is 2.25. The summed E-state index contributed by atoms with van der Waals surface area (Å²) in [5.41, 5.74) is 2.17. The molecule has 1 aromatic rings. The third-order valence-electron chi connectivity index (χ3n) is 2.66. The summed E-state index contributed by atoms with van der Waals surface area (Å²) in [6.07, 6.45) is 0. The summed E-state index contributed by atoms with van der Waals surface area (Å²) in [4.78, 5) is 2.36. The Morgan fingerprint density at radius 1 is 1.12 bits per heavy atom. The monoisotopic (exact) mass is 221 g/mol. The zero-order valence-electron chi connectivity index (χ0n) is 10.8. The lowest BCUT2D eigenvalue weighted by atomic mass is 10.1. The molecular formula is C14H23NO. The second-order valence-corrected chi connectivity index (χ2v) is 4.93. The fourth-order valence-corrected chi connectivity index (χ4v) is 1.91. The fourth-order valence-electron chi connectivity index (χ4n) is 1.91. The highest BCUT2D eigenvalue weighted by atomic mass is 16.3. The van der Waals surface area contributed by atoms with Gasteiger partial charge in [-0.3, -0.25) is 0 Å². The van der Waals surface area contributed by atoms with E-state index < -0.39 is 0 Å². The van der Waals surface area contributed by atoms with Gasteiger partial charge in [0.1, 0.15) is 0 Å². The number of para-hydroxylation sites is 1. The molecule has 0 amide bonds. The van der Waals surface area contributed by atoms with Gasteiger partial charge in [0.25, 0.3) is 0 Å². The van der Waals surface area contributed by atoms with Gasteiger partial charge in [0.2, 0.25) is 0 Å². The Hall–Kier alpha value is -1.02. The van der Waals surface area contributed by atoms with E-state index >= 15 is 0 Å². The molecule has 1 N–H and O–H groups in total. The van der Waals surface area contributed by atoms with Crippen molar-refractivity contribution in [2.75, 3.05) is 11.4 Å². The number of hydrogen-bond acceptors (Lipinski definition) is 2. The number of rotatable bonds is 5. The molecule has 2 heteroatoms. The van der Waals surface area contributed by atoms with Crippen LogP contribution in [0.3, 0.4) is 0 Å². The van der Waals surface area contributed by atoms with Gasteiger partial charge in [0.05, 0.1) is 6.61 Å². The Bertz CT molecular complexity index is 320. The molecule has 0 aromatic heterocycles. The standard InChI is InChI=1S/C14H23NO/c1-11(2)9-15(12(3)4)14-8-6-5-7-13(14)10-16/h5-8,11-12,16H,9-10H2,1-4H3. The van der Waals surface area contributed by atoms with Crippen molar-refractivity contribution in [3.05, 3.63) is 29.8 Å². The van der Waals surface area contributed by atoms with E-state index in [0.717, 1.165) is 17.8 Å². The smallest absolute Gasteiger partial charge is 0.0702 e. The topological polar surface area (TPSA) is 23.5 Å². The van der Waals surface area contributed by atoms with E-state index in [9.17, 15) is 5.11 Å². The van der Waals surface area contributed by atoms with Crippen molar-refractivity contribution in [3.63, 3.8) is 0 Å². The summed E-state index contributed by atoms with van der Waals surface area (Å²) in [7, 11) is 0. The van der Waals surface area contributed by atoms with Gasteiger partial charge in [-0.15, -0.1) is 0 Å². The molecule has 0 radical (unpaired) electrons. The molecule has 0 heterocycles. The van der Waals surface area contributed by atoms with Crippen LogP contribution in [0.2, 0.25) is 0 Å². The SMILES string of the molecule is CC(C)CN(c1ccccc1CO)C(C)C. The van der Waals surface area contributed by atoms with E-state index in [4.69, 9.17) is 0 Å². The number of benzene rings is 1. The van der Waals surface area contributed by atoms with Gasteiger partial charge in [-0.05, 0) is 25.8 Å². The molecule has 0 aliphatic heterocycles. The van der Waals surface area contributed by atoms with E-state index in [1.54, 1.807) is 0 Å². The van der Waals surface area contributed by atoms with Crippen LogP contribution in [-0.4, -0.2) is 17.7 Å². The van der Waals surface area contributed by atoms with E-state index in [1.165, 1.54) is 0 Å². The lowest BCUT2D eigenvalue weighted by Gasteiger charge is -2.32. The van der Waals surface area contributed by atoms with E-state index in [2.05, 4.69) is 38.7 Å². The Morgan fingerprint density at radius 3 is 2.25 bits per heavy atom. The molecule has 0 spiro atoms. The number of anilines is 1. The van der Waals surface area contributed by atoms with Crippen molar-refractivity contribution in [3.8, 4) is 0 Å². The van der Waals surface area contributed by atoms with E-state index in [0.29, 0.717) is 12.0 Å². The minimum absolute atomic E-state index is 0.109. The predicted molar refractivity (Wildman–Crippen MR) is 69.7 cm³/mol. The minimum atomic E-state index is 0.109. The number of hydrogen-bond donors (Lipinski definition) is 1. The molecular weight excluding hydrogens is 198 g/mol. The Balaban J connectivity index is 3.00. The number of aliphatic hydroxyl groups is 1. The van der Waals surface area contributed by atoms with Crippen molar-refractivity contribution in [1.29, 1.82) is 0 Å². The van der Waals surface area contributed by atoms with Crippen LogP contribution in [0.5, 0.6) is 0 Å². The minimum Gasteiger partial charge on any atom is -0.392 e. The van der Waals surface area contributed by atoms with Crippen LogP contribution < -0.4 is 4.90 Å². The number of aliphatic hydroxyl groups excluding tert-OH is 1. The van der Waals surface area contributed by atoms with Crippen molar-refractivity contribution in [2.24, 2.45) is 5.92 Å². The molecule has 0 bridgehead atoms. The van der Waals surface area contributed by atoms with E-state index in [-0.39, 0.29) is 6.61 Å². The molecule has 0 atom stereocenters. The lowest BCUT2D eigenvalue weighted by Crippen LogP contribution is -2.34. The second-order valence-electron chi connectivity index (χ2n) is 4.93. The summed E-state index contributed by atoms with van der Waals surface area (Å²) in [6, 6.07) is 8.54. The molecule has 16 heavy (non-hydrogen) atoms. The zero-order chi connectivity index (χ0) is 12.1. The lowest BCUT2D eigenvalue weighted by molar-refractivity contribution is 0.281. The molecule has 1 rings (SSSR count). The molecule has 0 aliphatic rings. The van der Waals surface area contributed by atoms with Crippen molar-refractivity contribution < 1.29 is 5.11 Å². The summed E-state index contributed by atoms with van der Waals surface area (Å²) < 4.78 is 0. The van der Waals surface area contributed by atoms with Gasteiger partial charge in [-0.1, -0.05) is 32.0 Å². The highest BCUT2D eigenvalue weighted by Crippen LogP contribution is 2.23. The van der Waals surface area contributed by atoms with Crippen LogP contribution in [0.4, 0.5) is 5.69 Å². The predicted octanol–water partition coefficient (Wildman–Crippen LogP) is 3.05. The molecule has 0 saturated carbocycles. The van der Waals surface area contributed by atoms with Crippen LogP contribution >= 0.6 is 0 Å². The van der Waals surface area contributed by atoms with Gasteiger partial charge in [0.15, 0.2) is 0 Å². The molecule has 90 valence electrons. The van der Waals surface area contributed by atoms with E-state index in [1.807, 2.05) is 18.2 Å². The van der Waals surface area contributed by atoms with Crippen LogP contribution in [0, 0.1) is 5.92 Å². The Labute approximate surface area is 98.9 Å². The first-order valence-corrected chi connectivity index (χ1v) is 6.01. The van der Waals surface area contributed by atoms with Crippen molar-refractivity contribution in [2.45, 2.75) is 40.3 Å². The third kappa shape index (κ3) is 3.24. The van der Waals surface area contributed by atoms with Gasteiger partial charge >= 0.3 is 0 Å². The number of nitrogens with zero attached hydrogens (tertiary/aromatic N) is 1. The molecule has 1 aromatic carbocycles. The zero-order valence-corrected chi connectivity index (χ0v) is 10.8. The highest BCUT2D eigenvalue weighted by molar-refractivity contribution is 5.54. The molecule has 0 unspecified atom stereocenters. The Kier molecular flexibility index (Phi) is 4.81. The molecule has 0 aliphatic carbocycles. The van der Waals surface area contributed by atoms with Gasteiger partial charge in [-0.25, -0.2) is 0 Å². The summed E-state index contributed by atoms with van der Waals surface area (Å²) in [6.45, 7) is 9.95. The van der Waals surface area contributed by atoms with Crippen LogP contribution in [0.15, 0.2) is 24.3 Å². The quantitative estimate of drug-likeness (QED) is 0.826. The maximum atomic E-state index is 9.36. The first-order valence-electron chi connectivity index (χ1n) is 6.01. The van der Waals surface area contributed by atoms with Crippen LogP contribution in [-0.2, 0) is 6.61 Å². The van der Waals surface area contributed by atoms with Gasteiger partial charge in [-0.2, -0.15) is 0 Å². The third-order valence-corrected chi connectivity index (χ3v) is 2.66. The maximum Gasteiger partial charge on any atom is 0.0702 e. The Morgan fingerprint density at radius 2 is 1.75 bits per heavy atom. The molecule has 0 saturated heterocycles. The second kappa shape index (κ2) is 5.90. The summed E-state index contributed by atoms with van der Waals surface area (Å²) in [5.74, 6) is 0.620. The van der Waals surface area contributed by atoms with Crippen LogP contribution in [0.25, 0.3) is 0 Å². The first kappa shape index (κ1) is 13.0.